The van der Waals surface area contributed by atoms with Crippen LogP contribution in [0, 0.1) is 0 Å². The van der Waals surface area contributed by atoms with Crippen LogP contribution in [0.5, 0.6) is 5.75 Å². The minimum Gasteiger partial charge on any atom is -0.488 e. The molecule has 0 spiro atoms. The van der Waals surface area contributed by atoms with Gasteiger partial charge in [0.15, 0.2) is 0 Å². The first-order valence-electron chi connectivity index (χ1n) is 6.74. The van der Waals surface area contributed by atoms with Crippen LogP contribution in [0.25, 0.3) is 0 Å². The number of hydrogen-bond donors (Lipinski definition) is 0. The van der Waals surface area contributed by atoms with E-state index >= 15 is 0 Å². The number of para-hydroxylation sites is 1. The second-order valence-electron chi connectivity index (χ2n) is 5.74. The van der Waals surface area contributed by atoms with Gasteiger partial charge < -0.3 is 4.74 Å². The minimum absolute atomic E-state index is 0.0875. The standard InChI is InChI=1S/C16H22N2O/c1-5-18-11-13(10-17-18)12-19-15-9-7-6-8-14(15)16(2,3)4/h6-11H,5,12H2,1-4H3. The second kappa shape index (κ2) is 5.47. The van der Waals surface area contributed by atoms with Crippen molar-refractivity contribution in [3.63, 3.8) is 0 Å². The topological polar surface area (TPSA) is 27.1 Å². The highest BCUT2D eigenvalue weighted by Crippen LogP contribution is 2.31. The van der Waals surface area contributed by atoms with Crippen LogP contribution >= 0.6 is 0 Å². The predicted molar refractivity (Wildman–Crippen MR) is 77.4 cm³/mol. The highest BCUT2D eigenvalue weighted by Gasteiger charge is 2.18. The first-order chi connectivity index (χ1) is 9.00. The van der Waals surface area contributed by atoms with Crippen LogP contribution in [-0.4, -0.2) is 9.78 Å². The van der Waals surface area contributed by atoms with E-state index in [1.807, 2.05) is 29.2 Å². The van der Waals surface area contributed by atoms with E-state index in [1.54, 1.807) is 0 Å². The van der Waals surface area contributed by atoms with Gasteiger partial charge in [0.25, 0.3) is 0 Å². The van der Waals surface area contributed by atoms with Gasteiger partial charge in [-0.1, -0.05) is 39.0 Å². The number of hydrogen-bond acceptors (Lipinski definition) is 2. The lowest BCUT2D eigenvalue weighted by Crippen LogP contribution is -2.13. The fraction of sp³-hybridized carbons (Fsp3) is 0.438. The number of ether oxygens (including phenoxy) is 1. The molecule has 2 rings (SSSR count). The van der Waals surface area contributed by atoms with Gasteiger partial charge in [0.1, 0.15) is 12.4 Å². The molecule has 0 radical (unpaired) electrons. The average Bonchev–Trinajstić information content (AvgIpc) is 2.83. The van der Waals surface area contributed by atoms with Crippen LogP contribution in [0.4, 0.5) is 0 Å². The summed E-state index contributed by atoms with van der Waals surface area (Å²) in [5.41, 5.74) is 2.42. The Kier molecular flexibility index (Phi) is 3.93. The maximum Gasteiger partial charge on any atom is 0.123 e. The smallest absolute Gasteiger partial charge is 0.123 e. The summed E-state index contributed by atoms with van der Waals surface area (Å²) < 4.78 is 7.87. The quantitative estimate of drug-likeness (QED) is 0.834. The van der Waals surface area contributed by atoms with Crippen LogP contribution in [0.3, 0.4) is 0 Å². The molecule has 3 heteroatoms. The molecular weight excluding hydrogens is 236 g/mol. The maximum absolute atomic E-state index is 5.95. The largest absolute Gasteiger partial charge is 0.488 e. The van der Waals surface area contributed by atoms with Crippen LogP contribution < -0.4 is 4.74 Å². The van der Waals surface area contributed by atoms with Crippen molar-refractivity contribution in [2.45, 2.75) is 46.3 Å². The summed E-state index contributed by atoms with van der Waals surface area (Å²) in [6, 6.07) is 8.23. The van der Waals surface area contributed by atoms with Crippen molar-refractivity contribution in [3.8, 4) is 5.75 Å². The van der Waals surface area contributed by atoms with Gasteiger partial charge in [-0.2, -0.15) is 5.10 Å². The molecule has 19 heavy (non-hydrogen) atoms. The molecule has 0 N–H and O–H groups in total. The Labute approximate surface area is 115 Å². The zero-order valence-corrected chi connectivity index (χ0v) is 12.2. The van der Waals surface area contributed by atoms with Gasteiger partial charge in [-0.3, -0.25) is 4.68 Å². The van der Waals surface area contributed by atoms with Crippen LogP contribution in [0.2, 0.25) is 0 Å². The molecule has 0 bridgehead atoms. The molecule has 0 aliphatic carbocycles. The van der Waals surface area contributed by atoms with E-state index in [2.05, 4.69) is 44.9 Å². The third-order valence-electron chi connectivity index (χ3n) is 3.10. The van der Waals surface area contributed by atoms with Gasteiger partial charge in [-0.05, 0) is 24.0 Å². The van der Waals surface area contributed by atoms with Gasteiger partial charge in [0.05, 0.1) is 6.20 Å². The molecule has 2 aromatic rings. The highest BCUT2D eigenvalue weighted by molar-refractivity contribution is 5.38. The third kappa shape index (κ3) is 3.37. The van der Waals surface area contributed by atoms with Crippen molar-refractivity contribution in [3.05, 3.63) is 47.8 Å². The molecule has 0 aliphatic heterocycles. The van der Waals surface area contributed by atoms with Crippen molar-refractivity contribution in [1.82, 2.24) is 9.78 Å². The molecule has 0 aliphatic rings. The number of benzene rings is 1. The Hall–Kier alpha value is -1.77. The second-order valence-corrected chi connectivity index (χ2v) is 5.74. The third-order valence-corrected chi connectivity index (χ3v) is 3.10. The van der Waals surface area contributed by atoms with Gasteiger partial charge in [-0.25, -0.2) is 0 Å². The van der Waals surface area contributed by atoms with Gasteiger partial charge in [0, 0.05) is 18.3 Å². The summed E-state index contributed by atoms with van der Waals surface area (Å²) in [6.07, 6.45) is 3.89. The Morgan fingerprint density at radius 3 is 2.58 bits per heavy atom. The maximum atomic E-state index is 5.95. The summed E-state index contributed by atoms with van der Waals surface area (Å²) in [5, 5.41) is 4.25. The lowest BCUT2D eigenvalue weighted by molar-refractivity contribution is 0.297. The van der Waals surface area contributed by atoms with Crippen LogP contribution in [0.1, 0.15) is 38.8 Å². The van der Waals surface area contributed by atoms with E-state index in [1.165, 1.54) is 5.56 Å². The molecule has 0 amide bonds. The van der Waals surface area contributed by atoms with E-state index in [0.717, 1.165) is 17.9 Å². The van der Waals surface area contributed by atoms with Crippen LogP contribution in [0.15, 0.2) is 36.7 Å². The van der Waals surface area contributed by atoms with E-state index < -0.39 is 0 Å². The zero-order valence-electron chi connectivity index (χ0n) is 12.2. The van der Waals surface area contributed by atoms with Gasteiger partial charge >= 0.3 is 0 Å². The van der Waals surface area contributed by atoms with E-state index in [-0.39, 0.29) is 5.41 Å². The van der Waals surface area contributed by atoms with E-state index in [0.29, 0.717) is 6.61 Å². The molecule has 0 saturated heterocycles. The van der Waals surface area contributed by atoms with Crippen molar-refractivity contribution in [2.75, 3.05) is 0 Å². The summed E-state index contributed by atoms with van der Waals surface area (Å²) in [6.45, 7) is 10.1. The summed E-state index contributed by atoms with van der Waals surface area (Å²) >= 11 is 0. The Morgan fingerprint density at radius 1 is 1.21 bits per heavy atom. The molecule has 0 saturated carbocycles. The van der Waals surface area contributed by atoms with E-state index in [9.17, 15) is 0 Å². The average molecular weight is 258 g/mol. The first-order valence-corrected chi connectivity index (χ1v) is 6.74. The molecule has 102 valence electrons. The number of nitrogens with zero attached hydrogens (tertiary/aromatic N) is 2. The van der Waals surface area contributed by atoms with Crippen molar-refractivity contribution in [2.24, 2.45) is 0 Å². The fourth-order valence-corrected chi connectivity index (χ4v) is 2.03. The monoisotopic (exact) mass is 258 g/mol. The van der Waals surface area contributed by atoms with Gasteiger partial charge in [-0.15, -0.1) is 0 Å². The Morgan fingerprint density at radius 2 is 1.95 bits per heavy atom. The first kappa shape index (κ1) is 13.7. The highest BCUT2D eigenvalue weighted by atomic mass is 16.5. The van der Waals surface area contributed by atoms with Crippen molar-refractivity contribution in [1.29, 1.82) is 0 Å². The molecule has 0 atom stereocenters. The summed E-state index contributed by atoms with van der Waals surface area (Å²) in [4.78, 5) is 0. The molecule has 0 fully saturated rings. The zero-order chi connectivity index (χ0) is 13.9. The van der Waals surface area contributed by atoms with Crippen molar-refractivity contribution < 1.29 is 4.74 Å². The van der Waals surface area contributed by atoms with E-state index in [4.69, 9.17) is 4.74 Å². The molecule has 1 aromatic heterocycles. The lowest BCUT2D eigenvalue weighted by Gasteiger charge is -2.22. The Balaban J connectivity index is 2.11. The number of aryl methyl sites for hydroxylation is 1. The minimum atomic E-state index is 0.0875. The van der Waals surface area contributed by atoms with Crippen LogP contribution in [-0.2, 0) is 18.6 Å². The van der Waals surface area contributed by atoms with Crippen molar-refractivity contribution >= 4 is 0 Å². The van der Waals surface area contributed by atoms with Gasteiger partial charge in [0.2, 0.25) is 0 Å². The molecule has 0 unspecified atom stereocenters. The normalized spacial score (nSPS) is 11.6. The lowest BCUT2D eigenvalue weighted by atomic mass is 9.86. The predicted octanol–water partition coefficient (Wildman–Crippen LogP) is 3.78. The molecule has 3 nitrogen and oxygen atoms in total. The molecular formula is C16H22N2O. The Bertz CT molecular complexity index is 538. The number of aromatic nitrogens is 2. The summed E-state index contributed by atoms with van der Waals surface area (Å²) in [5.74, 6) is 0.958. The molecule has 1 heterocycles. The fourth-order valence-electron chi connectivity index (χ4n) is 2.03. The number of rotatable bonds is 4. The summed E-state index contributed by atoms with van der Waals surface area (Å²) in [7, 11) is 0. The molecule has 1 aromatic carbocycles. The SMILES string of the molecule is CCn1cc(COc2ccccc2C(C)(C)C)cn1.